The van der Waals surface area contributed by atoms with Crippen molar-refractivity contribution in [3.05, 3.63) is 48.2 Å². The van der Waals surface area contributed by atoms with Crippen molar-refractivity contribution in [2.75, 3.05) is 19.4 Å². The van der Waals surface area contributed by atoms with Crippen molar-refractivity contribution >= 4 is 23.4 Å². The Labute approximate surface area is 149 Å². The average molecular weight is 348 g/mol. The summed E-state index contributed by atoms with van der Waals surface area (Å²) < 4.78 is 1.54. The Kier molecular flexibility index (Phi) is 4.62. The summed E-state index contributed by atoms with van der Waals surface area (Å²) in [7, 11) is 3.41. The highest BCUT2D eigenvalue weighted by molar-refractivity contribution is 5.95. The molecule has 0 fully saturated rings. The first-order chi connectivity index (χ1) is 12.5. The zero-order valence-electron chi connectivity index (χ0n) is 14.3. The van der Waals surface area contributed by atoms with Crippen LogP contribution in [0.4, 0.5) is 5.95 Å². The number of carbonyl (C=O) groups is 2. The Bertz CT molecular complexity index is 1030. The van der Waals surface area contributed by atoms with E-state index in [-0.39, 0.29) is 18.3 Å². The van der Waals surface area contributed by atoms with Gasteiger partial charge in [-0.2, -0.15) is 10.2 Å². The molecule has 26 heavy (non-hydrogen) atoms. The molecule has 2 aromatic heterocycles. The highest BCUT2D eigenvalue weighted by Gasteiger charge is 2.11. The number of nitrogens with one attached hydrogen (secondary N) is 1. The molecule has 0 radical (unpaired) electrons. The maximum Gasteiger partial charge on any atom is 0.253 e. The lowest BCUT2D eigenvalue weighted by Crippen LogP contribution is -2.21. The second-order valence-electron chi connectivity index (χ2n) is 5.82. The van der Waals surface area contributed by atoms with Crippen LogP contribution >= 0.6 is 0 Å². The number of benzene rings is 1. The fourth-order valence-electron chi connectivity index (χ4n) is 2.44. The number of rotatable bonds is 4. The molecule has 0 aliphatic heterocycles. The summed E-state index contributed by atoms with van der Waals surface area (Å²) in [4.78, 5) is 29.3. The van der Waals surface area contributed by atoms with Crippen LogP contribution in [0.5, 0.6) is 0 Å². The number of amides is 2. The lowest BCUT2D eigenvalue weighted by atomic mass is 10.0. The molecule has 3 rings (SSSR count). The Morgan fingerprint density at radius 2 is 2.04 bits per heavy atom. The van der Waals surface area contributed by atoms with Crippen molar-refractivity contribution < 1.29 is 9.59 Å². The molecule has 0 spiro atoms. The van der Waals surface area contributed by atoms with E-state index in [4.69, 9.17) is 5.26 Å². The first kappa shape index (κ1) is 17.1. The number of hydrogen-bond donors (Lipinski definition) is 1. The van der Waals surface area contributed by atoms with E-state index in [1.165, 1.54) is 9.42 Å². The number of nitrogens with zero attached hydrogens (tertiary/aromatic N) is 5. The first-order valence-electron chi connectivity index (χ1n) is 7.83. The molecule has 1 N–H and O–H groups in total. The molecule has 0 aliphatic rings. The van der Waals surface area contributed by atoms with Crippen molar-refractivity contribution in [1.29, 1.82) is 5.26 Å². The van der Waals surface area contributed by atoms with Gasteiger partial charge >= 0.3 is 0 Å². The summed E-state index contributed by atoms with van der Waals surface area (Å²) in [5, 5.41) is 15.2. The highest BCUT2D eigenvalue weighted by Crippen LogP contribution is 2.22. The van der Waals surface area contributed by atoms with Gasteiger partial charge in [-0.25, -0.2) is 4.52 Å². The first-order valence-corrected chi connectivity index (χ1v) is 7.83. The van der Waals surface area contributed by atoms with Crippen molar-refractivity contribution in [3.63, 3.8) is 0 Å². The van der Waals surface area contributed by atoms with E-state index in [0.29, 0.717) is 11.2 Å². The van der Waals surface area contributed by atoms with Crippen LogP contribution in [0.1, 0.15) is 16.8 Å². The van der Waals surface area contributed by atoms with E-state index in [1.54, 1.807) is 38.5 Å². The van der Waals surface area contributed by atoms with Crippen molar-refractivity contribution in [2.24, 2.45) is 0 Å². The lowest BCUT2D eigenvalue weighted by Gasteiger charge is -2.11. The molecule has 1 aromatic carbocycles. The average Bonchev–Trinajstić information content (AvgIpc) is 3.02. The third-order valence-corrected chi connectivity index (χ3v) is 3.67. The largest absolute Gasteiger partial charge is 0.345 e. The minimum atomic E-state index is -0.460. The maximum atomic E-state index is 12.1. The summed E-state index contributed by atoms with van der Waals surface area (Å²) in [5.74, 6) is -0.395. The number of nitriles is 1. The quantitative estimate of drug-likeness (QED) is 0.776. The summed E-state index contributed by atoms with van der Waals surface area (Å²) in [6.07, 6.45) is 1.51. The fourth-order valence-corrected chi connectivity index (χ4v) is 2.44. The number of hydrogen-bond acceptors (Lipinski definition) is 5. The molecule has 3 aromatic rings. The SMILES string of the molecule is CN(C)C(=O)c1cccc(-c2ccc3nc(NC(=O)CC#N)nn3c2)c1. The van der Waals surface area contributed by atoms with Gasteiger partial charge in [-0.05, 0) is 29.8 Å². The van der Waals surface area contributed by atoms with Crippen LogP contribution in [-0.4, -0.2) is 45.4 Å². The van der Waals surface area contributed by atoms with Crippen molar-refractivity contribution in [1.82, 2.24) is 19.5 Å². The van der Waals surface area contributed by atoms with E-state index in [0.717, 1.165) is 11.1 Å². The summed E-state index contributed by atoms with van der Waals surface area (Å²) in [6, 6.07) is 12.7. The molecule has 0 aliphatic carbocycles. The number of aromatic nitrogens is 3. The molecule has 0 atom stereocenters. The van der Waals surface area contributed by atoms with Crippen LogP contribution in [0.15, 0.2) is 42.6 Å². The van der Waals surface area contributed by atoms with Crippen LogP contribution in [0, 0.1) is 11.3 Å². The number of pyridine rings is 1. The van der Waals surface area contributed by atoms with E-state index < -0.39 is 5.91 Å². The van der Waals surface area contributed by atoms with Gasteiger partial charge in [-0.1, -0.05) is 12.1 Å². The lowest BCUT2D eigenvalue weighted by molar-refractivity contribution is -0.115. The Morgan fingerprint density at radius 1 is 1.23 bits per heavy atom. The molecule has 0 saturated carbocycles. The molecule has 0 bridgehead atoms. The molecular weight excluding hydrogens is 332 g/mol. The van der Waals surface area contributed by atoms with Crippen LogP contribution in [-0.2, 0) is 4.79 Å². The van der Waals surface area contributed by atoms with Crippen LogP contribution < -0.4 is 5.32 Å². The zero-order valence-corrected chi connectivity index (χ0v) is 14.3. The topological polar surface area (TPSA) is 103 Å². The van der Waals surface area contributed by atoms with E-state index in [1.807, 2.05) is 24.3 Å². The summed E-state index contributed by atoms with van der Waals surface area (Å²) >= 11 is 0. The highest BCUT2D eigenvalue weighted by atomic mass is 16.2. The second-order valence-corrected chi connectivity index (χ2v) is 5.82. The predicted octanol–water partition coefficient (Wildman–Crippen LogP) is 1.95. The minimum absolute atomic E-state index is 0.0730. The number of anilines is 1. The number of carbonyl (C=O) groups excluding carboxylic acids is 2. The van der Waals surface area contributed by atoms with Gasteiger partial charge in [-0.3, -0.25) is 14.9 Å². The van der Waals surface area contributed by atoms with Crippen molar-refractivity contribution in [3.8, 4) is 17.2 Å². The van der Waals surface area contributed by atoms with Gasteiger partial charge in [0.1, 0.15) is 6.42 Å². The van der Waals surface area contributed by atoms with E-state index in [2.05, 4.69) is 15.4 Å². The molecule has 0 unspecified atom stereocenters. The third-order valence-electron chi connectivity index (χ3n) is 3.67. The van der Waals surface area contributed by atoms with E-state index >= 15 is 0 Å². The Morgan fingerprint density at radius 3 is 2.77 bits per heavy atom. The predicted molar refractivity (Wildman–Crippen MR) is 95.3 cm³/mol. The monoisotopic (exact) mass is 348 g/mol. The number of fused-ring (bicyclic) bond motifs is 1. The van der Waals surface area contributed by atoms with Gasteiger partial charge in [-0.15, -0.1) is 5.10 Å². The maximum absolute atomic E-state index is 12.1. The molecule has 2 amide bonds. The van der Waals surface area contributed by atoms with Gasteiger partial charge in [0.2, 0.25) is 11.9 Å². The molecule has 0 saturated heterocycles. The van der Waals surface area contributed by atoms with Gasteiger partial charge in [0.05, 0.1) is 6.07 Å². The van der Waals surface area contributed by atoms with E-state index in [9.17, 15) is 9.59 Å². The minimum Gasteiger partial charge on any atom is -0.345 e. The van der Waals surface area contributed by atoms with Crippen molar-refractivity contribution in [2.45, 2.75) is 6.42 Å². The Hall–Kier alpha value is -3.73. The molecule has 2 heterocycles. The van der Waals surface area contributed by atoms with Gasteiger partial charge < -0.3 is 4.90 Å². The van der Waals surface area contributed by atoms with Gasteiger partial charge in [0.25, 0.3) is 5.91 Å². The summed E-state index contributed by atoms with van der Waals surface area (Å²) in [6.45, 7) is 0. The Balaban J connectivity index is 1.92. The standard InChI is InChI=1S/C18H16N6O2/c1-23(2)17(26)13-5-3-4-12(10-13)14-6-7-15-20-18(22-24(15)11-14)21-16(25)8-9-19/h3-7,10-11H,8H2,1-2H3,(H,21,22,25). The van der Waals surface area contributed by atoms with Gasteiger partial charge in [0, 0.05) is 31.4 Å². The summed E-state index contributed by atoms with van der Waals surface area (Å²) in [5.41, 5.74) is 2.87. The molecule has 130 valence electrons. The van der Waals surface area contributed by atoms with Gasteiger partial charge in [0.15, 0.2) is 5.65 Å². The molecule has 8 nitrogen and oxygen atoms in total. The smallest absolute Gasteiger partial charge is 0.253 e. The molecule has 8 heteroatoms. The second kappa shape index (κ2) is 7.03. The van der Waals surface area contributed by atoms with Crippen LogP contribution in [0.25, 0.3) is 16.8 Å². The van der Waals surface area contributed by atoms with Crippen LogP contribution in [0.2, 0.25) is 0 Å². The molecular formula is C18H16N6O2. The zero-order chi connectivity index (χ0) is 18.7. The third kappa shape index (κ3) is 3.52. The normalized spacial score (nSPS) is 10.3. The fraction of sp³-hybridized carbons (Fsp3) is 0.167. The van der Waals surface area contributed by atoms with Crippen LogP contribution in [0.3, 0.4) is 0 Å².